The lowest BCUT2D eigenvalue weighted by Crippen LogP contribution is -2.15. The van der Waals surface area contributed by atoms with Crippen molar-refractivity contribution in [2.24, 2.45) is 17.6 Å². The lowest BCUT2D eigenvalue weighted by atomic mass is 9.88. The van der Waals surface area contributed by atoms with E-state index in [0.717, 1.165) is 19.3 Å². The number of fused-ring (bicyclic) bond motifs is 1. The summed E-state index contributed by atoms with van der Waals surface area (Å²) in [5.41, 5.74) is 6.68. The van der Waals surface area contributed by atoms with Crippen LogP contribution in [0.5, 0.6) is 0 Å². The molecule has 5 heteroatoms. The Kier molecular flexibility index (Phi) is 5.00. The van der Waals surface area contributed by atoms with Crippen LogP contribution < -0.4 is 5.73 Å². The van der Waals surface area contributed by atoms with Gasteiger partial charge >= 0.3 is 0 Å². The molecule has 1 aromatic carbocycles. The maximum atomic E-state index is 13.3. The number of aromatic nitrogens is 1. The molecular weight excluding hydrogens is 279 g/mol. The molecule has 1 heterocycles. The fourth-order valence-corrected chi connectivity index (χ4v) is 2.57. The highest BCUT2D eigenvalue weighted by Crippen LogP contribution is 2.25. The van der Waals surface area contributed by atoms with E-state index in [9.17, 15) is 4.39 Å². The average Bonchev–Trinajstić information content (AvgIpc) is 2.76. The number of oxazole rings is 1. The monoisotopic (exact) mass is 298 g/mol. The normalized spacial score (nSPS) is 13.3. The summed E-state index contributed by atoms with van der Waals surface area (Å²) in [4.78, 5) is 4.36. The minimum Gasteiger partial charge on any atom is -0.441 e. The summed E-state index contributed by atoms with van der Waals surface area (Å²) in [6.07, 6.45) is 2.70. The van der Waals surface area contributed by atoms with Gasteiger partial charge in [-0.25, -0.2) is 9.37 Å². The number of benzene rings is 1. The van der Waals surface area contributed by atoms with E-state index in [1.807, 2.05) is 0 Å². The Morgan fingerprint density at radius 3 is 2.75 bits per heavy atom. The van der Waals surface area contributed by atoms with Crippen LogP contribution in [0.1, 0.15) is 32.6 Å². The summed E-state index contributed by atoms with van der Waals surface area (Å²) < 4.78 is 18.9. The molecule has 2 aromatic rings. The first-order valence-electron chi connectivity index (χ1n) is 6.95. The van der Waals surface area contributed by atoms with E-state index in [4.69, 9.17) is 21.8 Å². The van der Waals surface area contributed by atoms with Gasteiger partial charge in [0.15, 0.2) is 11.5 Å². The number of hydrogen-bond donors (Lipinski definition) is 1. The minimum absolute atomic E-state index is 0.0699. The zero-order valence-electron chi connectivity index (χ0n) is 11.8. The van der Waals surface area contributed by atoms with Crippen LogP contribution in [0.4, 0.5) is 4.39 Å². The zero-order valence-corrected chi connectivity index (χ0v) is 12.6. The second-order valence-electron chi connectivity index (χ2n) is 5.46. The van der Waals surface area contributed by atoms with E-state index in [2.05, 4.69) is 18.8 Å². The predicted octanol–water partition coefficient (Wildman–Crippen LogP) is 4.17. The average molecular weight is 299 g/mol. The Morgan fingerprint density at radius 1 is 1.35 bits per heavy atom. The van der Waals surface area contributed by atoms with Gasteiger partial charge in [-0.1, -0.05) is 25.4 Å². The van der Waals surface area contributed by atoms with Crippen LogP contribution >= 0.6 is 11.6 Å². The molecule has 0 bridgehead atoms. The van der Waals surface area contributed by atoms with Gasteiger partial charge in [-0.2, -0.15) is 0 Å². The first-order chi connectivity index (χ1) is 9.51. The Bertz CT molecular complexity index is 544. The number of rotatable bonds is 6. The Balaban J connectivity index is 2.10. The molecule has 0 spiro atoms. The summed E-state index contributed by atoms with van der Waals surface area (Å²) in [5.74, 6) is 1.28. The lowest BCUT2D eigenvalue weighted by Gasteiger charge is -2.18. The van der Waals surface area contributed by atoms with Gasteiger partial charge in [0.2, 0.25) is 0 Å². The van der Waals surface area contributed by atoms with Crippen molar-refractivity contribution in [2.45, 2.75) is 33.1 Å². The van der Waals surface area contributed by atoms with E-state index >= 15 is 0 Å². The number of nitrogens with zero attached hydrogens (tertiary/aromatic N) is 1. The topological polar surface area (TPSA) is 52.0 Å². The Morgan fingerprint density at radius 2 is 2.10 bits per heavy atom. The SMILES string of the molecule is CC(C)C(CCN)CCc1nc2cc(Cl)c(F)cc2o1. The van der Waals surface area contributed by atoms with Gasteiger partial charge in [0.25, 0.3) is 0 Å². The number of nitrogens with two attached hydrogens (primary N) is 1. The van der Waals surface area contributed by atoms with Crippen molar-refractivity contribution in [3.63, 3.8) is 0 Å². The largest absolute Gasteiger partial charge is 0.441 e. The van der Waals surface area contributed by atoms with Crippen molar-refractivity contribution in [3.8, 4) is 0 Å². The molecule has 1 aromatic heterocycles. The summed E-state index contributed by atoms with van der Waals surface area (Å²) in [6.45, 7) is 5.08. The summed E-state index contributed by atoms with van der Waals surface area (Å²) >= 11 is 5.74. The third-order valence-electron chi connectivity index (χ3n) is 3.68. The number of aryl methyl sites for hydroxylation is 1. The third kappa shape index (κ3) is 3.49. The van der Waals surface area contributed by atoms with Gasteiger partial charge in [-0.15, -0.1) is 0 Å². The highest BCUT2D eigenvalue weighted by molar-refractivity contribution is 6.31. The Labute approximate surface area is 123 Å². The van der Waals surface area contributed by atoms with E-state index in [-0.39, 0.29) is 5.02 Å². The molecule has 0 aliphatic rings. The van der Waals surface area contributed by atoms with Crippen LogP contribution in [0, 0.1) is 17.7 Å². The van der Waals surface area contributed by atoms with E-state index in [0.29, 0.717) is 35.4 Å². The molecule has 20 heavy (non-hydrogen) atoms. The van der Waals surface area contributed by atoms with Gasteiger partial charge in [0.05, 0.1) is 5.02 Å². The summed E-state index contributed by atoms with van der Waals surface area (Å²) in [5, 5.41) is 0.0699. The molecule has 2 rings (SSSR count). The number of halogens is 2. The quantitative estimate of drug-likeness (QED) is 0.870. The van der Waals surface area contributed by atoms with E-state index in [1.165, 1.54) is 12.1 Å². The summed E-state index contributed by atoms with van der Waals surface area (Å²) in [6, 6.07) is 2.78. The van der Waals surface area contributed by atoms with Gasteiger partial charge in [-0.3, -0.25) is 0 Å². The number of hydrogen-bond acceptors (Lipinski definition) is 3. The van der Waals surface area contributed by atoms with Crippen molar-refractivity contribution >= 4 is 22.7 Å². The molecule has 0 amide bonds. The Hall–Kier alpha value is -1.13. The maximum Gasteiger partial charge on any atom is 0.195 e. The van der Waals surface area contributed by atoms with E-state index in [1.54, 1.807) is 0 Å². The molecule has 3 nitrogen and oxygen atoms in total. The molecule has 110 valence electrons. The standard InChI is InChI=1S/C15H20ClFN2O/c1-9(2)10(5-6-18)3-4-15-19-13-7-11(16)12(17)8-14(13)20-15/h7-10H,3-6,18H2,1-2H3. The van der Waals surface area contributed by atoms with Crippen LogP contribution in [-0.4, -0.2) is 11.5 Å². The van der Waals surface area contributed by atoms with E-state index < -0.39 is 5.82 Å². The van der Waals surface area contributed by atoms with Crippen molar-refractivity contribution in [1.82, 2.24) is 4.98 Å². The molecule has 0 aliphatic carbocycles. The van der Waals surface area contributed by atoms with Crippen LogP contribution in [0.3, 0.4) is 0 Å². The first kappa shape index (κ1) is 15.3. The third-order valence-corrected chi connectivity index (χ3v) is 3.97. The van der Waals surface area contributed by atoms with Crippen LogP contribution in [-0.2, 0) is 6.42 Å². The van der Waals surface area contributed by atoms with Crippen LogP contribution in [0.2, 0.25) is 5.02 Å². The lowest BCUT2D eigenvalue weighted by molar-refractivity contribution is 0.330. The predicted molar refractivity (Wildman–Crippen MR) is 79.3 cm³/mol. The molecule has 0 saturated carbocycles. The maximum absolute atomic E-state index is 13.3. The van der Waals surface area contributed by atoms with Crippen molar-refractivity contribution < 1.29 is 8.81 Å². The zero-order chi connectivity index (χ0) is 14.7. The fourth-order valence-electron chi connectivity index (χ4n) is 2.41. The van der Waals surface area contributed by atoms with Gasteiger partial charge in [0.1, 0.15) is 11.3 Å². The highest BCUT2D eigenvalue weighted by Gasteiger charge is 2.15. The second kappa shape index (κ2) is 6.55. The van der Waals surface area contributed by atoms with Crippen LogP contribution in [0.15, 0.2) is 16.5 Å². The van der Waals surface area contributed by atoms with Gasteiger partial charge in [-0.05, 0) is 37.3 Å². The van der Waals surface area contributed by atoms with Gasteiger partial charge in [0, 0.05) is 12.5 Å². The highest BCUT2D eigenvalue weighted by atomic mass is 35.5. The van der Waals surface area contributed by atoms with Crippen molar-refractivity contribution in [2.75, 3.05) is 6.54 Å². The second-order valence-corrected chi connectivity index (χ2v) is 5.87. The smallest absolute Gasteiger partial charge is 0.195 e. The van der Waals surface area contributed by atoms with Crippen molar-refractivity contribution in [1.29, 1.82) is 0 Å². The van der Waals surface area contributed by atoms with Crippen LogP contribution in [0.25, 0.3) is 11.1 Å². The molecule has 0 radical (unpaired) electrons. The molecular formula is C15H20ClFN2O. The molecule has 1 atom stereocenters. The first-order valence-corrected chi connectivity index (χ1v) is 7.33. The summed E-state index contributed by atoms with van der Waals surface area (Å²) in [7, 11) is 0. The fraction of sp³-hybridized carbons (Fsp3) is 0.533. The molecule has 1 unspecified atom stereocenters. The van der Waals surface area contributed by atoms with Gasteiger partial charge < -0.3 is 10.2 Å². The molecule has 0 saturated heterocycles. The van der Waals surface area contributed by atoms with Crippen molar-refractivity contribution in [3.05, 3.63) is 28.9 Å². The molecule has 0 aliphatic heterocycles. The minimum atomic E-state index is -0.481. The molecule has 0 fully saturated rings. The molecule has 2 N–H and O–H groups in total.